The molecule has 1 amide bonds. The summed E-state index contributed by atoms with van der Waals surface area (Å²) in [5.41, 5.74) is 3.40. The van der Waals surface area contributed by atoms with Gasteiger partial charge in [-0.05, 0) is 36.6 Å². The highest BCUT2D eigenvalue weighted by atomic mass is 16.6. The molecule has 7 heteroatoms. The van der Waals surface area contributed by atoms with Gasteiger partial charge in [0, 0.05) is 19.3 Å². The van der Waals surface area contributed by atoms with Crippen LogP contribution in [0.1, 0.15) is 47.1 Å². The first-order valence-corrected chi connectivity index (χ1v) is 9.35. The van der Waals surface area contributed by atoms with Gasteiger partial charge in [0.2, 0.25) is 0 Å². The number of rotatable bonds is 4. The van der Waals surface area contributed by atoms with Crippen molar-refractivity contribution < 1.29 is 18.8 Å². The van der Waals surface area contributed by atoms with E-state index in [1.165, 1.54) is 0 Å². The monoisotopic (exact) mass is 381 g/mol. The number of benzene rings is 1. The van der Waals surface area contributed by atoms with E-state index in [4.69, 9.17) is 14.0 Å². The third-order valence-corrected chi connectivity index (χ3v) is 4.83. The van der Waals surface area contributed by atoms with Gasteiger partial charge in [0.15, 0.2) is 11.5 Å². The number of aromatic nitrogens is 2. The van der Waals surface area contributed by atoms with Crippen LogP contribution in [0.2, 0.25) is 0 Å². The molecule has 0 saturated carbocycles. The molecule has 0 aliphatic carbocycles. The average molecular weight is 381 g/mol. The van der Waals surface area contributed by atoms with Crippen LogP contribution in [-0.2, 0) is 6.54 Å². The number of carbonyl (C=O) groups excluding carboxylic acids is 1. The molecule has 3 aromatic rings. The molecule has 146 valence electrons. The Kier molecular flexibility index (Phi) is 4.66. The van der Waals surface area contributed by atoms with Gasteiger partial charge in [-0.25, -0.2) is 4.98 Å². The normalized spacial score (nSPS) is 13.2. The lowest BCUT2D eigenvalue weighted by Crippen LogP contribution is -2.27. The Morgan fingerprint density at radius 2 is 1.93 bits per heavy atom. The molecule has 0 atom stereocenters. The van der Waals surface area contributed by atoms with E-state index in [1.54, 1.807) is 11.9 Å². The Labute approximate surface area is 163 Å². The van der Waals surface area contributed by atoms with Crippen molar-refractivity contribution >= 4 is 17.0 Å². The number of amides is 1. The van der Waals surface area contributed by atoms with Gasteiger partial charge < -0.3 is 18.9 Å². The molecule has 1 aliphatic rings. The molecule has 28 heavy (non-hydrogen) atoms. The first kappa shape index (κ1) is 18.3. The predicted octanol–water partition coefficient (Wildman–Crippen LogP) is 3.70. The van der Waals surface area contributed by atoms with Crippen molar-refractivity contribution in [1.29, 1.82) is 0 Å². The van der Waals surface area contributed by atoms with E-state index in [1.807, 2.05) is 45.0 Å². The second-order valence-electron chi connectivity index (χ2n) is 7.34. The van der Waals surface area contributed by atoms with Crippen LogP contribution in [-0.4, -0.2) is 41.2 Å². The number of pyridine rings is 1. The number of aryl methyl sites for hydroxylation is 1. The molecule has 3 heterocycles. The fraction of sp³-hybridized carbons (Fsp3) is 0.381. The predicted molar refractivity (Wildman–Crippen MR) is 104 cm³/mol. The van der Waals surface area contributed by atoms with E-state index in [-0.39, 0.29) is 11.8 Å². The van der Waals surface area contributed by atoms with E-state index < -0.39 is 0 Å². The Bertz CT molecular complexity index is 1040. The Morgan fingerprint density at radius 3 is 2.68 bits per heavy atom. The molecule has 1 aliphatic heterocycles. The van der Waals surface area contributed by atoms with Crippen molar-refractivity contribution in [1.82, 2.24) is 15.0 Å². The smallest absolute Gasteiger partial charge is 0.259 e. The quantitative estimate of drug-likeness (QED) is 0.686. The lowest BCUT2D eigenvalue weighted by atomic mass is 10.0. The van der Waals surface area contributed by atoms with Crippen molar-refractivity contribution in [2.24, 2.45) is 0 Å². The molecule has 0 radical (unpaired) electrons. The highest BCUT2D eigenvalue weighted by Gasteiger charge is 2.22. The molecule has 0 unspecified atom stereocenters. The van der Waals surface area contributed by atoms with Crippen molar-refractivity contribution in [3.05, 3.63) is 46.8 Å². The van der Waals surface area contributed by atoms with Gasteiger partial charge in [-0.3, -0.25) is 4.79 Å². The summed E-state index contributed by atoms with van der Waals surface area (Å²) in [5, 5.41) is 4.66. The fourth-order valence-corrected chi connectivity index (χ4v) is 3.32. The van der Waals surface area contributed by atoms with Gasteiger partial charge in [0.25, 0.3) is 11.6 Å². The zero-order valence-corrected chi connectivity index (χ0v) is 16.5. The minimum absolute atomic E-state index is 0.101. The van der Waals surface area contributed by atoms with Gasteiger partial charge >= 0.3 is 0 Å². The largest absolute Gasteiger partial charge is 0.486 e. The summed E-state index contributed by atoms with van der Waals surface area (Å²) in [6.45, 7) is 7.42. The maximum absolute atomic E-state index is 13.2. The van der Waals surface area contributed by atoms with Crippen LogP contribution >= 0.6 is 0 Å². The number of ether oxygens (including phenoxy) is 2. The summed E-state index contributed by atoms with van der Waals surface area (Å²) < 4.78 is 16.5. The minimum Gasteiger partial charge on any atom is -0.486 e. The SMILES string of the molecule is Cc1noc2nc(C(C)C)cc(C(=O)N(C)Cc3ccc4c(c3)OCCO4)c12. The van der Waals surface area contributed by atoms with Crippen molar-refractivity contribution in [2.75, 3.05) is 20.3 Å². The first-order chi connectivity index (χ1) is 13.4. The van der Waals surface area contributed by atoms with E-state index in [0.29, 0.717) is 47.9 Å². The van der Waals surface area contributed by atoms with E-state index in [0.717, 1.165) is 17.0 Å². The lowest BCUT2D eigenvalue weighted by Gasteiger charge is -2.21. The maximum Gasteiger partial charge on any atom is 0.259 e. The molecule has 1 aromatic carbocycles. The van der Waals surface area contributed by atoms with Gasteiger partial charge in [0.05, 0.1) is 16.6 Å². The third-order valence-electron chi connectivity index (χ3n) is 4.83. The van der Waals surface area contributed by atoms with Gasteiger partial charge in [-0.2, -0.15) is 0 Å². The summed E-state index contributed by atoms with van der Waals surface area (Å²) >= 11 is 0. The van der Waals surface area contributed by atoms with E-state index >= 15 is 0 Å². The second-order valence-corrected chi connectivity index (χ2v) is 7.34. The average Bonchev–Trinajstić information content (AvgIpc) is 3.07. The summed E-state index contributed by atoms with van der Waals surface area (Å²) in [7, 11) is 1.78. The molecule has 0 saturated heterocycles. The summed E-state index contributed by atoms with van der Waals surface area (Å²) in [5.74, 6) is 1.52. The number of hydrogen-bond acceptors (Lipinski definition) is 6. The maximum atomic E-state index is 13.2. The van der Waals surface area contributed by atoms with Gasteiger partial charge in [-0.15, -0.1) is 0 Å². The fourth-order valence-electron chi connectivity index (χ4n) is 3.32. The van der Waals surface area contributed by atoms with Crippen LogP contribution in [0.3, 0.4) is 0 Å². The molecular formula is C21H23N3O4. The molecule has 0 fully saturated rings. The van der Waals surface area contributed by atoms with Crippen molar-refractivity contribution in [3.8, 4) is 11.5 Å². The third kappa shape index (κ3) is 3.28. The zero-order valence-electron chi connectivity index (χ0n) is 16.5. The molecule has 0 bridgehead atoms. The summed E-state index contributed by atoms with van der Waals surface area (Å²) in [6, 6.07) is 7.60. The Morgan fingerprint density at radius 1 is 1.18 bits per heavy atom. The standard InChI is InChI=1S/C21H23N3O4/c1-12(2)16-10-15(19-13(3)23-28-20(19)22-16)21(25)24(4)11-14-5-6-17-18(9-14)27-8-7-26-17/h5-6,9-10,12H,7-8,11H2,1-4H3. The summed E-state index contributed by atoms with van der Waals surface area (Å²) in [4.78, 5) is 19.4. The molecule has 2 aromatic heterocycles. The van der Waals surface area contributed by atoms with Gasteiger partial charge in [0.1, 0.15) is 13.2 Å². The van der Waals surface area contributed by atoms with Crippen molar-refractivity contribution in [2.45, 2.75) is 33.2 Å². The van der Waals surface area contributed by atoms with E-state index in [2.05, 4.69) is 10.1 Å². The number of fused-ring (bicyclic) bond motifs is 2. The zero-order chi connectivity index (χ0) is 19.8. The van der Waals surface area contributed by atoms with Crippen LogP contribution in [0, 0.1) is 6.92 Å². The van der Waals surface area contributed by atoms with E-state index in [9.17, 15) is 4.79 Å². The number of carbonyl (C=O) groups is 1. The first-order valence-electron chi connectivity index (χ1n) is 9.35. The lowest BCUT2D eigenvalue weighted by molar-refractivity contribution is 0.0786. The highest BCUT2D eigenvalue weighted by molar-refractivity contribution is 6.05. The van der Waals surface area contributed by atoms with Crippen LogP contribution in [0.5, 0.6) is 11.5 Å². The molecule has 0 spiro atoms. The molecule has 0 N–H and O–H groups in total. The Balaban J connectivity index is 1.64. The minimum atomic E-state index is -0.101. The molecule has 4 rings (SSSR count). The van der Waals surface area contributed by atoms with Crippen molar-refractivity contribution in [3.63, 3.8) is 0 Å². The number of nitrogens with zero attached hydrogens (tertiary/aromatic N) is 3. The van der Waals surface area contributed by atoms with Crippen LogP contribution < -0.4 is 9.47 Å². The molecule has 7 nitrogen and oxygen atoms in total. The van der Waals surface area contributed by atoms with Crippen LogP contribution in [0.25, 0.3) is 11.1 Å². The second kappa shape index (κ2) is 7.14. The van der Waals surface area contributed by atoms with Crippen LogP contribution in [0.4, 0.5) is 0 Å². The van der Waals surface area contributed by atoms with Crippen LogP contribution in [0.15, 0.2) is 28.8 Å². The van der Waals surface area contributed by atoms with Gasteiger partial charge in [-0.1, -0.05) is 25.1 Å². The molecular weight excluding hydrogens is 358 g/mol. The topological polar surface area (TPSA) is 77.7 Å². The Hall–Kier alpha value is -3.09. The highest BCUT2D eigenvalue weighted by Crippen LogP contribution is 2.31. The number of hydrogen-bond donors (Lipinski definition) is 0. The summed E-state index contributed by atoms with van der Waals surface area (Å²) in [6.07, 6.45) is 0.